The highest BCUT2D eigenvalue weighted by Gasteiger charge is 2.15. The average Bonchev–Trinajstić information content (AvgIpc) is 2.38. The normalized spacial score (nSPS) is 10.1. The molecular formula is C13H19N3OS2. The van der Waals surface area contributed by atoms with Gasteiger partial charge in [0.2, 0.25) is 5.91 Å². The van der Waals surface area contributed by atoms with Crippen molar-refractivity contribution in [2.75, 3.05) is 31.3 Å². The van der Waals surface area contributed by atoms with Crippen molar-refractivity contribution in [3.8, 4) is 0 Å². The van der Waals surface area contributed by atoms with Crippen LogP contribution in [-0.4, -0.2) is 37.3 Å². The zero-order valence-corrected chi connectivity index (χ0v) is 13.0. The van der Waals surface area contributed by atoms with Crippen molar-refractivity contribution in [2.45, 2.75) is 11.8 Å². The number of carbonyl (C=O) groups is 1. The second-order valence-electron chi connectivity index (χ2n) is 3.98. The molecule has 0 heterocycles. The molecule has 0 saturated carbocycles. The smallest absolute Gasteiger partial charge is 0.239 e. The number of hydrogen-bond acceptors (Lipinski definition) is 4. The van der Waals surface area contributed by atoms with E-state index in [0.717, 1.165) is 21.9 Å². The summed E-state index contributed by atoms with van der Waals surface area (Å²) >= 11 is 6.84. The van der Waals surface area contributed by atoms with Crippen molar-refractivity contribution < 1.29 is 4.79 Å². The lowest BCUT2D eigenvalue weighted by molar-refractivity contribution is -0.119. The molecule has 0 unspecified atom stereocenters. The summed E-state index contributed by atoms with van der Waals surface area (Å²) in [6.07, 6.45) is 0. The maximum Gasteiger partial charge on any atom is 0.239 e. The number of nitrogens with one attached hydrogen (secondary N) is 1. The molecule has 0 aliphatic carbocycles. The second-order valence-corrected chi connectivity index (χ2v) is 5.72. The third kappa shape index (κ3) is 4.11. The van der Waals surface area contributed by atoms with Crippen molar-refractivity contribution in [3.63, 3.8) is 0 Å². The minimum Gasteiger partial charge on any atom is -0.389 e. The van der Waals surface area contributed by atoms with Crippen molar-refractivity contribution >= 4 is 40.6 Å². The van der Waals surface area contributed by atoms with Crippen LogP contribution in [-0.2, 0) is 4.79 Å². The van der Waals surface area contributed by atoms with E-state index in [1.54, 1.807) is 18.8 Å². The molecule has 0 saturated heterocycles. The highest BCUT2D eigenvalue weighted by Crippen LogP contribution is 2.30. The number of hydrogen-bond donors (Lipinski definition) is 2. The summed E-state index contributed by atoms with van der Waals surface area (Å²) in [6, 6.07) is 5.88. The molecule has 0 aromatic heterocycles. The van der Waals surface area contributed by atoms with E-state index in [9.17, 15) is 4.79 Å². The molecule has 0 bridgehead atoms. The minimum absolute atomic E-state index is 0.0510. The molecule has 1 rings (SSSR count). The van der Waals surface area contributed by atoms with Crippen molar-refractivity contribution in [1.29, 1.82) is 0 Å². The summed E-state index contributed by atoms with van der Waals surface area (Å²) in [5.41, 5.74) is 7.56. The van der Waals surface area contributed by atoms with Gasteiger partial charge in [0.05, 0.1) is 6.54 Å². The summed E-state index contributed by atoms with van der Waals surface area (Å²) < 4.78 is 0. The number of thiocarbonyl (C=S) groups is 1. The van der Waals surface area contributed by atoms with Gasteiger partial charge < -0.3 is 16.0 Å². The first kappa shape index (κ1) is 15.8. The quantitative estimate of drug-likeness (QED) is 0.617. The molecule has 104 valence electrons. The number of benzene rings is 1. The third-order valence-electron chi connectivity index (χ3n) is 2.62. The summed E-state index contributed by atoms with van der Waals surface area (Å²) in [6.45, 7) is 2.35. The predicted octanol–water partition coefficient (Wildman–Crippen LogP) is 1.61. The maximum atomic E-state index is 11.5. The van der Waals surface area contributed by atoms with Crippen LogP contribution in [0.1, 0.15) is 12.5 Å². The fraction of sp³-hybridized carbons (Fsp3) is 0.385. The van der Waals surface area contributed by atoms with Gasteiger partial charge in [0.25, 0.3) is 0 Å². The van der Waals surface area contributed by atoms with Crippen LogP contribution in [0.5, 0.6) is 0 Å². The molecular weight excluding hydrogens is 278 g/mol. The zero-order chi connectivity index (χ0) is 14.4. The number of nitrogens with two attached hydrogens (primary N) is 1. The fourth-order valence-electron chi connectivity index (χ4n) is 1.74. The first-order chi connectivity index (χ1) is 9.01. The molecule has 0 aliphatic rings. The number of nitrogens with zero attached hydrogens (tertiary/aromatic N) is 1. The highest BCUT2D eigenvalue weighted by atomic mass is 32.2. The van der Waals surface area contributed by atoms with E-state index in [4.69, 9.17) is 18.0 Å². The van der Waals surface area contributed by atoms with E-state index in [2.05, 4.69) is 12.2 Å². The number of rotatable bonds is 6. The van der Waals surface area contributed by atoms with Crippen LogP contribution in [0.3, 0.4) is 0 Å². The Kier molecular flexibility index (Phi) is 6.11. The first-order valence-corrected chi connectivity index (χ1v) is 7.38. The third-order valence-corrected chi connectivity index (χ3v) is 3.77. The molecule has 0 atom stereocenters. The maximum absolute atomic E-state index is 11.5. The van der Waals surface area contributed by atoms with Crippen LogP contribution in [0.15, 0.2) is 23.1 Å². The van der Waals surface area contributed by atoms with E-state index < -0.39 is 0 Å². The van der Waals surface area contributed by atoms with Crippen molar-refractivity contribution in [3.05, 3.63) is 23.8 Å². The Morgan fingerprint density at radius 3 is 2.74 bits per heavy atom. The number of anilines is 1. The number of amides is 1. The van der Waals surface area contributed by atoms with Gasteiger partial charge in [0, 0.05) is 30.2 Å². The van der Waals surface area contributed by atoms with Crippen molar-refractivity contribution in [2.24, 2.45) is 5.73 Å². The molecule has 0 fully saturated rings. The van der Waals surface area contributed by atoms with E-state index in [1.807, 2.05) is 30.1 Å². The lowest BCUT2D eigenvalue weighted by Gasteiger charge is -2.23. The fourth-order valence-corrected chi connectivity index (χ4v) is 2.86. The van der Waals surface area contributed by atoms with Crippen LogP contribution in [0, 0.1) is 0 Å². The van der Waals surface area contributed by atoms with Gasteiger partial charge in [-0.15, -0.1) is 11.8 Å². The van der Waals surface area contributed by atoms with Crippen LogP contribution >= 0.6 is 24.0 Å². The van der Waals surface area contributed by atoms with Gasteiger partial charge in [-0.2, -0.15) is 0 Å². The Morgan fingerprint density at radius 1 is 1.53 bits per heavy atom. The standard InChI is InChI=1S/C13H19N3OS2/c1-4-19-10-7-5-6-9(12(10)13(14)18)16(3)8-11(17)15-2/h5-7H,4,8H2,1-3H3,(H2,14,18)(H,15,17). The van der Waals surface area contributed by atoms with Crippen LogP contribution < -0.4 is 16.0 Å². The topological polar surface area (TPSA) is 58.4 Å². The van der Waals surface area contributed by atoms with Crippen LogP contribution in [0.2, 0.25) is 0 Å². The molecule has 1 aromatic carbocycles. The van der Waals surface area contributed by atoms with Gasteiger partial charge in [-0.3, -0.25) is 4.79 Å². The monoisotopic (exact) mass is 297 g/mol. The Hall–Kier alpha value is -1.27. The average molecular weight is 297 g/mol. The molecule has 0 aliphatic heterocycles. The molecule has 3 N–H and O–H groups in total. The SMILES string of the molecule is CCSc1cccc(N(C)CC(=O)NC)c1C(N)=S. The summed E-state index contributed by atoms with van der Waals surface area (Å²) in [4.78, 5) is 14.7. The molecule has 19 heavy (non-hydrogen) atoms. The molecule has 1 aromatic rings. The number of carbonyl (C=O) groups excluding carboxylic acids is 1. The Labute approximate surface area is 123 Å². The summed E-state index contributed by atoms with van der Waals surface area (Å²) in [5, 5.41) is 2.60. The van der Waals surface area contributed by atoms with Crippen molar-refractivity contribution in [1.82, 2.24) is 5.32 Å². The lowest BCUT2D eigenvalue weighted by atomic mass is 10.1. The minimum atomic E-state index is -0.0510. The first-order valence-electron chi connectivity index (χ1n) is 5.98. The van der Waals surface area contributed by atoms with Gasteiger partial charge in [-0.05, 0) is 17.9 Å². The number of thioether (sulfide) groups is 1. The van der Waals surface area contributed by atoms with Gasteiger partial charge in [0.1, 0.15) is 4.99 Å². The zero-order valence-electron chi connectivity index (χ0n) is 11.4. The molecule has 6 heteroatoms. The molecule has 0 spiro atoms. The highest BCUT2D eigenvalue weighted by molar-refractivity contribution is 7.99. The van der Waals surface area contributed by atoms with E-state index in [0.29, 0.717) is 4.99 Å². The van der Waals surface area contributed by atoms with Gasteiger partial charge in [0.15, 0.2) is 0 Å². The predicted molar refractivity (Wildman–Crippen MR) is 86.1 cm³/mol. The van der Waals surface area contributed by atoms with Gasteiger partial charge in [-0.1, -0.05) is 25.2 Å². The van der Waals surface area contributed by atoms with E-state index in [1.165, 1.54) is 0 Å². The molecule has 0 radical (unpaired) electrons. The summed E-state index contributed by atoms with van der Waals surface area (Å²) in [7, 11) is 3.47. The largest absolute Gasteiger partial charge is 0.389 e. The molecule has 4 nitrogen and oxygen atoms in total. The Balaban J connectivity index is 3.15. The summed E-state index contributed by atoms with van der Waals surface area (Å²) in [5.74, 6) is 0.892. The van der Waals surface area contributed by atoms with E-state index >= 15 is 0 Å². The lowest BCUT2D eigenvalue weighted by Crippen LogP contribution is -2.34. The second kappa shape index (κ2) is 7.35. The van der Waals surface area contributed by atoms with Crippen LogP contribution in [0.4, 0.5) is 5.69 Å². The Morgan fingerprint density at radius 2 is 2.21 bits per heavy atom. The van der Waals surface area contributed by atoms with Gasteiger partial charge in [-0.25, -0.2) is 0 Å². The Bertz CT molecular complexity index is 477. The molecule has 1 amide bonds. The van der Waals surface area contributed by atoms with E-state index in [-0.39, 0.29) is 12.5 Å². The number of likely N-dealkylation sites (N-methyl/N-ethyl adjacent to an activating group) is 2. The van der Waals surface area contributed by atoms with Gasteiger partial charge >= 0.3 is 0 Å². The van der Waals surface area contributed by atoms with Crippen LogP contribution in [0.25, 0.3) is 0 Å².